The van der Waals surface area contributed by atoms with E-state index in [4.69, 9.17) is 14.9 Å². The van der Waals surface area contributed by atoms with Crippen molar-refractivity contribution in [2.45, 2.75) is 58.0 Å². The fraction of sp³-hybridized carbons (Fsp3) is 0.833. The van der Waals surface area contributed by atoms with E-state index in [1.807, 2.05) is 0 Å². The maximum atomic E-state index is 10.8. The first-order valence-electron chi connectivity index (χ1n) is 6.14. The molecule has 5 heteroatoms. The van der Waals surface area contributed by atoms with Crippen LogP contribution in [0.25, 0.3) is 0 Å². The monoisotopic (exact) mass is 246 g/mol. The van der Waals surface area contributed by atoms with E-state index in [-0.39, 0.29) is 12.8 Å². The van der Waals surface area contributed by atoms with E-state index < -0.39 is 18.0 Å². The molecule has 1 atom stereocenters. The maximum Gasteiger partial charge on any atom is 0.332 e. The molecule has 0 aromatic heterocycles. The van der Waals surface area contributed by atoms with Crippen molar-refractivity contribution in [2.75, 3.05) is 6.61 Å². The SMILES string of the molecule is CCCCCCOC(CCCC(=O)O)C(=O)O. The summed E-state index contributed by atoms with van der Waals surface area (Å²) in [6, 6.07) is 0. The molecular formula is C12H22O5. The van der Waals surface area contributed by atoms with Gasteiger partial charge in [-0.05, 0) is 19.3 Å². The molecule has 0 bridgehead atoms. The Bertz CT molecular complexity index is 227. The second kappa shape index (κ2) is 10.1. The Morgan fingerprint density at radius 1 is 1.12 bits per heavy atom. The molecule has 0 aromatic rings. The van der Waals surface area contributed by atoms with Gasteiger partial charge in [0.25, 0.3) is 0 Å². The quantitative estimate of drug-likeness (QED) is 0.546. The summed E-state index contributed by atoms with van der Waals surface area (Å²) < 4.78 is 5.24. The average molecular weight is 246 g/mol. The molecular weight excluding hydrogens is 224 g/mol. The summed E-state index contributed by atoms with van der Waals surface area (Å²) >= 11 is 0. The Hall–Kier alpha value is -1.10. The molecule has 1 unspecified atom stereocenters. The van der Waals surface area contributed by atoms with E-state index in [0.29, 0.717) is 13.0 Å². The molecule has 0 aliphatic rings. The first kappa shape index (κ1) is 15.9. The largest absolute Gasteiger partial charge is 0.481 e. The summed E-state index contributed by atoms with van der Waals surface area (Å²) in [5, 5.41) is 17.3. The number of hydrogen-bond donors (Lipinski definition) is 2. The number of ether oxygens (including phenoxy) is 1. The van der Waals surface area contributed by atoms with Gasteiger partial charge in [0.1, 0.15) is 0 Å². The first-order valence-corrected chi connectivity index (χ1v) is 6.14. The van der Waals surface area contributed by atoms with Crippen LogP contribution in [0, 0.1) is 0 Å². The summed E-state index contributed by atoms with van der Waals surface area (Å²) in [5.74, 6) is -1.91. The highest BCUT2D eigenvalue weighted by Gasteiger charge is 2.17. The highest BCUT2D eigenvalue weighted by atomic mass is 16.5. The van der Waals surface area contributed by atoms with Crippen LogP contribution in [0.2, 0.25) is 0 Å². The third-order valence-corrected chi connectivity index (χ3v) is 2.45. The Balaban J connectivity index is 3.67. The minimum Gasteiger partial charge on any atom is -0.481 e. The minimum absolute atomic E-state index is 0.0109. The normalized spacial score (nSPS) is 12.3. The molecule has 0 spiro atoms. The summed E-state index contributed by atoms with van der Waals surface area (Å²) in [6.07, 6.45) is 3.87. The van der Waals surface area contributed by atoms with Crippen molar-refractivity contribution >= 4 is 11.9 Å². The molecule has 100 valence electrons. The van der Waals surface area contributed by atoms with Crippen LogP contribution in [0.4, 0.5) is 0 Å². The van der Waals surface area contributed by atoms with Gasteiger partial charge >= 0.3 is 11.9 Å². The molecule has 0 rings (SSSR count). The van der Waals surface area contributed by atoms with Gasteiger partial charge < -0.3 is 14.9 Å². The molecule has 2 N–H and O–H groups in total. The third kappa shape index (κ3) is 9.81. The number of carbonyl (C=O) groups is 2. The molecule has 0 fully saturated rings. The Labute approximate surface area is 102 Å². The molecule has 5 nitrogen and oxygen atoms in total. The maximum absolute atomic E-state index is 10.8. The van der Waals surface area contributed by atoms with Crippen molar-refractivity contribution < 1.29 is 24.5 Å². The molecule has 0 heterocycles. The summed E-state index contributed by atoms with van der Waals surface area (Å²) in [5.41, 5.74) is 0. The van der Waals surface area contributed by atoms with Crippen molar-refractivity contribution in [1.82, 2.24) is 0 Å². The summed E-state index contributed by atoms with van der Waals surface area (Å²) in [7, 11) is 0. The summed E-state index contributed by atoms with van der Waals surface area (Å²) in [6.45, 7) is 2.54. The number of rotatable bonds is 11. The lowest BCUT2D eigenvalue weighted by atomic mass is 10.1. The van der Waals surface area contributed by atoms with Gasteiger partial charge in [0.15, 0.2) is 6.10 Å². The average Bonchev–Trinajstić information content (AvgIpc) is 2.25. The highest BCUT2D eigenvalue weighted by Crippen LogP contribution is 2.08. The molecule has 0 aromatic carbocycles. The molecule has 0 aliphatic carbocycles. The molecule has 0 saturated carbocycles. The molecule has 0 amide bonds. The van der Waals surface area contributed by atoms with E-state index in [1.54, 1.807) is 0 Å². The van der Waals surface area contributed by atoms with Gasteiger partial charge in [0.2, 0.25) is 0 Å². The van der Waals surface area contributed by atoms with Crippen LogP contribution in [0.5, 0.6) is 0 Å². The van der Waals surface area contributed by atoms with Crippen molar-refractivity contribution in [3.05, 3.63) is 0 Å². The van der Waals surface area contributed by atoms with Crippen LogP contribution < -0.4 is 0 Å². The fourth-order valence-corrected chi connectivity index (χ4v) is 1.47. The summed E-state index contributed by atoms with van der Waals surface area (Å²) in [4.78, 5) is 21.1. The van der Waals surface area contributed by atoms with Crippen molar-refractivity contribution in [3.8, 4) is 0 Å². The zero-order valence-corrected chi connectivity index (χ0v) is 10.4. The van der Waals surface area contributed by atoms with E-state index in [1.165, 1.54) is 0 Å². The van der Waals surface area contributed by atoms with E-state index in [9.17, 15) is 9.59 Å². The standard InChI is InChI=1S/C12H22O5/c1-2-3-4-5-9-17-10(12(15)16)7-6-8-11(13)14/h10H,2-9H2,1H3,(H,13,14)(H,15,16). The van der Waals surface area contributed by atoms with Gasteiger partial charge in [-0.15, -0.1) is 0 Å². The lowest BCUT2D eigenvalue weighted by Crippen LogP contribution is -2.24. The molecule has 0 saturated heterocycles. The van der Waals surface area contributed by atoms with Crippen LogP contribution in [-0.4, -0.2) is 34.9 Å². The lowest BCUT2D eigenvalue weighted by molar-refractivity contribution is -0.151. The van der Waals surface area contributed by atoms with Gasteiger partial charge in [0, 0.05) is 13.0 Å². The predicted molar refractivity (Wildman–Crippen MR) is 63.0 cm³/mol. The van der Waals surface area contributed by atoms with Gasteiger partial charge in [-0.2, -0.15) is 0 Å². The Morgan fingerprint density at radius 2 is 1.82 bits per heavy atom. The number of carboxylic acids is 2. The third-order valence-electron chi connectivity index (χ3n) is 2.45. The molecule has 0 radical (unpaired) electrons. The number of aliphatic carboxylic acids is 2. The topological polar surface area (TPSA) is 83.8 Å². The molecule has 17 heavy (non-hydrogen) atoms. The fourth-order valence-electron chi connectivity index (χ4n) is 1.47. The van der Waals surface area contributed by atoms with Crippen LogP contribution >= 0.6 is 0 Å². The second-order valence-electron chi connectivity index (χ2n) is 4.04. The van der Waals surface area contributed by atoms with Crippen molar-refractivity contribution in [3.63, 3.8) is 0 Å². The number of hydrogen-bond acceptors (Lipinski definition) is 3. The highest BCUT2D eigenvalue weighted by molar-refractivity contribution is 5.72. The smallest absolute Gasteiger partial charge is 0.332 e. The van der Waals surface area contributed by atoms with Crippen LogP contribution in [-0.2, 0) is 14.3 Å². The first-order chi connectivity index (χ1) is 8.07. The van der Waals surface area contributed by atoms with Crippen LogP contribution in [0.3, 0.4) is 0 Å². The molecule has 0 aliphatic heterocycles. The second-order valence-corrected chi connectivity index (χ2v) is 4.04. The van der Waals surface area contributed by atoms with Gasteiger partial charge in [0.05, 0.1) is 0 Å². The van der Waals surface area contributed by atoms with Gasteiger partial charge in [-0.1, -0.05) is 26.2 Å². The number of unbranched alkanes of at least 4 members (excludes halogenated alkanes) is 3. The Morgan fingerprint density at radius 3 is 2.35 bits per heavy atom. The van der Waals surface area contributed by atoms with Gasteiger partial charge in [-0.3, -0.25) is 4.79 Å². The number of carboxylic acid groups (broad SMARTS) is 2. The zero-order valence-electron chi connectivity index (χ0n) is 10.4. The zero-order chi connectivity index (χ0) is 13.1. The van der Waals surface area contributed by atoms with Crippen molar-refractivity contribution in [1.29, 1.82) is 0 Å². The van der Waals surface area contributed by atoms with Crippen molar-refractivity contribution in [2.24, 2.45) is 0 Å². The van der Waals surface area contributed by atoms with E-state index in [0.717, 1.165) is 25.7 Å². The Kier molecular flexibility index (Phi) is 9.43. The minimum atomic E-state index is -1.01. The lowest BCUT2D eigenvalue weighted by Gasteiger charge is -2.12. The van der Waals surface area contributed by atoms with Gasteiger partial charge in [-0.25, -0.2) is 4.79 Å². The van der Waals surface area contributed by atoms with Crippen LogP contribution in [0.15, 0.2) is 0 Å². The van der Waals surface area contributed by atoms with E-state index >= 15 is 0 Å². The predicted octanol–water partition coefficient (Wildman–Crippen LogP) is 2.29. The van der Waals surface area contributed by atoms with Crippen LogP contribution in [0.1, 0.15) is 51.9 Å². The van der Waals surface area contributed by atoms with E-state index in [2.05, 4.69) is 6.92 Å².